The Bertz CT molecular complexity index is 741. The summed E-state index contributed by atoms with van der Waals surface area (Å²) in [7, 11) is 3.13. The predicted octanol–water partition coefficient (Wildman–Crippen LogP) is 4.24. The Morgan fingerprint density at radius 3 is 2.48 bits per heavy atom. The number of rotatable bonds is 8. The molecule has 0 saturated carbocycles. The molecular weight excluding hydrogens is 354 g/mol. The Morgan fingerprint density at radius 2 is 1.85 bits per heavy atom. The molecule has 2 amide bonds. The van der Waals surface area contributed by atoms with Crippen LogP contribution in [0.3, 0.4) is 0 Å². The van der Waals surface area contributed by atoms with Crippen molar-refractivity contribution < 1.29 is 23.0 Å². The van der Waals surface area contributed by atoms with Crippen molar-refractivity contribution in [3.8, 4) is 11.5 Å². The number of methoxy groups -OCH3 is 1. The second-order valence-electron chi connectivity index (χ2n) is 6.04. The fourth-order valence-corrected chi connectivity index (χ4v) is 2.63. The molecule has 2 aromatic rings. The summed E-state index contributed by atoms with van der Waals surface area (Å²) >= 11 is 0. The minimum atomic E-state index is -2.91. The van der Waals surface area contributed by atoms with Gasteiger partial charge in [-0.25, -0.2) is 4.79 Å². The van der Waals surface area contributed by atoms with E-state index in [0.29, 0.717) is 13.0 Å². The molecule has 7 heteroatoms. The first-order chi connectivity index (χ1) is 12.9. The van der Waals surface area contributed by atoms with E-state index in [1.807, 2.05) is 37.3 Å². The van der Waals surface area contributed by atoms with Crippen LogP contribution in [-0.2, 0) is 6.42 Å². The van der Waals surface area contributed by atoms with Crippen molar-refractivity contribution in [2.45, 2.75) is 26.0 Å². The molecular formula is C20H24F2N2O3. The fourth-order valence-electron chi connectivity index (χ4n) is 2.63. The summed E-state index contributed by atoms with van der Waals surface area (Å²) in [5.74, 6) is 0.214. The van der Waals surface area contributed by atoms with E-state index < -0.39 is 6.61 Å². The molecule has 0 spiro atoms. The first kappa shape index (κ1) is 20.5. The minimum Gasteiger partial charge on any atom is -0.493 e. The SMILES string of the molecule is COc1cc(CCNC(=O)N(C)[C@H](C)c2ccccc2)ccc1OC(F)F. The number of ether oxygens (including phenoxy) is 2. The van der Waals surface area contributed by atoms with Crippen LogP contribution >= 0.6 is 0 Å². The van der Waals surface area contributed by atoms with Crippen LogP contribution in [0, 0.1) is 0 Å². The van der Waals surface area contributed by atoms with Crippen molar-refractivity contribution in [1.29, 1.82) is 0 Å². The Morgan fingerprint density at radius 1 is 1.15 bits per heavy atom. The lowest BCUT2D eigenvalue weighted by Crippen LogP contribution is -2.39. The zero-order valence-corrected chi connectivity index (χ0v) is 15.6. The number of alkyl halides is 2. The van der Waals surface area contributed by atoms with Gasteiger partial charge in [-0.1, -0.05) is 36.4 Å². The van der Waals surface area contributed by atoms with Crippen LogP contribution in [0.25, 0.3) is 0 Å². The first-order valence-corrected chi connectivity index (χ1v) is 8.59. The van der Waals surface area contributed by atoms with Crippen LogP contribution in [0.15, 0.2) is 48.5 Å². The van der Waals surface area contributed by atoms with Crippen molar-refractivity contribution >= 4 is 6.03 Å². The molecule has 0 aliphatic rings. The molecule has 0 aliphatic carbocycles. The lowest BCUT2D eigenvalue weighted by atomic mass is 10.1. The van der Waals surface area contributed by atoms with Gasteiger partial charge in [-0.15, -0.1) is 0 Å². The number of hydrogen-bond acceptors (Lipinski definition) is 3. The van der Waals surface area contributed by atoms with Gasteiger partial charge in [-0.05, 0) is 36.6 Å². The second kappa shape index (κ2) is 9.75. The summed E-state index contributed by atoms with van der Waals surface area (Å²) < 4.78 is 34.2. The molecule has 0 aliphatic heterocycles. The molecule has 1 N–H and O–H groups in total. The third-order valence-electron chi connectivity index (χ3n) is 4.32. The van der Waals surface area contributed by atoms with Gasteiger partial charge in [0.15, 0.2) is 11.5 Å². The van der Waals surface area contributed by atoms with Crippen molar-refractivity contribution in [3.05, 3.63) is 59.7 Å². The summed E-state index contributed by atoms with van der Waals surface area (Å²) in [6, 6.07) is 14.2. The largest absolute Gasteiger partial charge is 0.493 e. The van der Waals surface area contributed by atoms with Gasteiger partial charge in [0.25, 0.3) is 0 Å². The van der Waals surface area contributed by atoms with Crippen LogP contribution in [-0.4, -0.2) is 38.2 Å². The Balaban J connectivity index is 1.89. The molecule has 0 fully saturated rings. The molecule has 5 nitrogen and oxygen atoms in total. The van der Waals surface area contributed by atoms with Gasteiger partial charge in [0.05, 0.1) is 13.2 Å². The second-order valence-corrected chi connectivity index (χ2v) is 6.04. The highest BCUT2D eigenvalue weighted by Crippen LogP contribution is 2.29. The lowest BCUT2D eigenvalue weighted by molar-refractivity contribution is -0.0512. The monoisotopic (exact) mass is 378 g/mol. The standard InChI is InChI=1S/C20H24F2N2O3/c1-14(16-7-5-4-6-8-16)24(2)20(25)23-12-11-15-9-10-17(27-19(21)22)18(13-15)26-3/h4-10,13-14,19H,11-12H2,1-3H3,(H,23,25)/t14-/m1/s1. The van der Waals surface area contributed by atoms with Crippen molar-refractivity contribution in [1.82, 2.24) is 10.2 Å². The van der Waals surface area contributed by atoms with E-state index in [1.54, 1.807) is 24.1 Å². The van der Waals surface area contributed by atoms with E-state index in [-0.39, 0.29) is 23.6 Å². The number of nitrogens with zero attached hydrogens (tertiary/aromatic N) is 1. The van der Waals surface area contributed by atoms with Crippen molar-refractivity contribution in [3.63, 3.8) is 0 Å². The molecule has 2 rings (SSSR count). The van der Waals surface area contributed by atoms with Crippen LogP contribution in [0.4, 0.5) is 13.6 Å². The topological polar surface area (TPSA) is 50.8 Å². The predicted molar refractivity (Wildman–Crippen MR) is 99.3 cm³/mol. The molecule has 0 saturated heterocycles. The van der Waals surface area contributed by atoms with Gasteiger partial charge in [0.2, 0.25) is 0 Å². The zero-order chi connectivity index (χ0) is 19.8. The summed E-state index contributed by atoms with van der Waals surface area (Å²) in [5.41, 5.74) is 1.89. The van der Waals surface area contributed by atoms with E-state index in [9.17, 15) is 13.6 Å². The number of nitrogens with one attached hydrogen (secondary N) is 1. The maximum absolute atomic E-state index is 12.4. The highest BCUT2D eigenvalue weighted by molar-refractivity contribution is 5.74. The van der Waals surface area contributed by atoms with Gasteiger partial charge in [-0.2, -0.15) is 8.78 Å². The smallest absolute Gasteiger partial charge is 0.387 e. The molecule has 0 aromatic heterocycles. The van der Waals surface area contributed by atoms with Gasteiger partial charge < -0.3 is 19.7 Å². The Labute approximate surface area is 157 Å². The number of amides is 2. The average molecular weight is 378 g/mol. The third-order valence-corrected chi connectivity index (χ3v) is 4.32. The summed E-state index contributed by atoms with van der Waals surface area (Å²) in [5, 5.41) is 2.86. The van der Waals surface area contributed by atoms with Gasteiger partial charge in [-0.3, -0.25) is 0 Å². The van der Waals surface area contributed by atoms with Gasteiger partial charge in [0, 0.05) is 13.6 Å². The zero-order valence-electron chi connectivity index (χ0n) is 15.6. The number of urea groups is 1. The van der Waals surface area contributed by atoms with Crippen LogP contribution in [0.5, 0.6) is 11.5 Å². The first-order valence-electron chi connectivity index (χ1n) is 8.59. The Hall–Kier alpha value is -2.83. The quantitative estimate of drug-likeness (QED) is 0.747. The summed E-state index contributed by atoms with van der Waals surface area (Å²) in [4.78, 5) is 14.0. The third kappa shape index (κ3) is 5.84. The molecule has 146 valence electrons. The van der Waals surface area contributed by atoms with E-state index in [2.05, 4.69) is 10.1 Å². The van der Waals surface area contributed by atoms with Crippen LogP contribution in [0.2, 0.25) is 0 Å². The molecule has 0 radical (unpaired) electrons. The van der Waals surface area contributed by atoms with Crippen molar-refractivity contribution in [2.24, 2.45) is 0 Å². The number of hydrogen-bond donors (Lipinski definition) is 1. The highest BCUT2D eigenvalue weighted by Gasteiger charge is 2.17. The van der Waals surface area contributed by atoms with Crippen LogP contribution < -0.4 is 14.8 Å². The average Bonchev–Trinajstić information content (AvgIpc) is 2.68. The molecule has 27 heavy (non-hydrogen) atoms. The summed E-state index contributed by atoms with van der Waals surface area (Å²) in [6.07, 6.45) is 0.532. The van der Waals surface area contributed by atoms with Gasteiger partial charge >= 0.3 is 12.6 Å². The molecule has 0 unspecified atom stereocenters. The maximum atomic E-state index is 12.4. The van der Waals surface area contributed by atoms with Gasteiger partial charge in [0.1, 0.15) is 0 Å². The lowest BCUT2D eigenvalue weighted by Gasteiger charge is -2.25. The summed E-state index contributed by atoms with van der Waals surface area (Å²) in [6.45, 7) is -0.545. The number of carbonyl (C=O) groups excluding carboxylic acids is 1. The fraction of sp³-hybridized carbons (Fsp3) is 0.350. The normalized spacial score (nSPS) is 11.8. The van der Waals surface area contributed by atoms with E-state index in [4.69, 9.17) is 4.74 Å². The Kier molecular flexibility index (Phi) is 7.40. The number of benzene rings is 2. The minimum absolute atomic E-state index is 0.0169. The van der Waals surface area contributed by atoms with E-state index >= 15 is 0 Å². The number of halogens is 2. The molecule has 2 aromatic carbocycles. The highest BCUT2D eigenvalue weighted by atomic mass is 19.3. The maximum Gasteiger partial charge on any atom is 0.387 e. The molecule has 0 bridgehead atoms. The molecule has 1 atom stereocenters. The van der Waals surface area contributed by atoms with Crippen LogP contribution in [0.1, 0.15) is 24.1 Å². The van der Waals surface area contributed by atoms with E-state index in [1.165, 1.54) is 13.2 Å². The number of carbonyl (C=O) groups is 1. The molecule has 0 heterocycles. The van der Waals surface area contributed by atoms with Crippen molar-refractivity contribution in [2.75, 3.05) is 20.7 Å². The van der Waals surface area contributed by atoms with E-state index in [0.717, 1.165) is 11.1 Å².